The number of aliphatic hydroxyl groups excluding tert-OH is 1. The lowest BCUT2D eigenvalue weighted by atomic mass is 10.1. The third-order valence-corrected chi connectivity index (χ3v) is 5.66. The van der Waals surface area contributed by atoms with E-state index in [1.54, 1.807) is 19.1 Å². The largest absolute Gasteiger partial charge is 0.493 e. The molecule has 1 amide bonds. The lowest BCUT2D eigenvalue weighted by Gasteiger charge is -2.22. The van der Waals surface area contributed by atoms with E-state index in [0.29, 0.717) is 30.9 Å². The second kappa shape index (κ2) is 8.47. The van der Waals surface area contributed by atoms with Gasteiger partial charge in [-0.15, -0.1) is 0 Å². The van der Waals surface area contributed by atoms with Crippen molar-refractivity contribution in [3.05, 3.63) is 59.7 Å². The first kappa shape index (κ1) is 18.6. The summed E-state index contributed by atoms with van der Waals surface area (Å²) < 4.78 is 10.6. The van der Waals surface area contributed by atoms with Crippen molar-refractivity contribution in [1.82, 2.24) is 4.90 Å². The van der Waals surface area contributed by atoms with Gasteiger partial charge in [0.1, 0.15) is 6.23 Å². The zero-order valence-electron chi connectivity index (χ0n) is 14.9. The summed E-state index contributed by atoms with van der Waals surface area (Å²) >= 11 is 1.22. The second-order valence-electron chi connectivity index (χ2n) is 6.16. The number of carbonyl (C=O) groups is 1. The molecule has 0 bridgehead atoms. The van der Waals surface area contributed by atoms with Crippen LogP contribution in [0.15, 0.2) is 48.5 Å². The van der Waals surface area contributed by atoms with Crippen LogP contribution in [0.25, 0.3) is 0 Å². The second-order valence-corrected chi connectivity index (χ2v) is 7.35. The van der Waals surface area contributed by atoms with E-state index in [2.05, 4.69) is 0 Å². The number of hydrogen-bond donors (Lipinski definition) is 1. The van der Waals surface area contributed by atoms with Gasteiger partial charge in [-0.2, -0.15) is 0 Å². The number of carbonyl (C=O) groups excluding carboxylic acids is 1. The molecule has 138 valence electrons. The molecule has 1 saturated heterocycles. The number of nitrogens with zero attached hydrogens (tertiary/aromatic N) is 1. The molecule has 6 heteroatoms. The van der Waals surface area contributed by atoms with E-state index in [4.69, 9.17) is 9.47 Å². The zero-order chi connectivity index (χ0) is 18.5. The molecule has 2 aromatic carbocycles. The van der Waals surface area contributed by atoms with Gasteiger partial charge in [0.2, 0.25) is 0 Å². The average Bonchev–Trinajstić information content (AvgIpc) is 2.93. The molecular weight excluding hydrogens is 350 g/mol. The molecule has 0 spiro atoms. The molecule has 1 fully saturated rings. The highest BCUT2D eigenvalue weighted by Gasteiger charge is 2.39. The van der Waals surface area contributed by atoms with Gasteiger partial charge in [-0.3, -0.25) is 4.79 Å². The van der Waals surface area contributed by atoms with Gasteiger partial charge in [0, 0.05) is 6.54 Å². The topological polar surface area (TPSA) is 59.0 Å². The predicted octanol–water partition coefficient (Wildman–Crippen LogP) is 3.34. The third-order valence-electron chi connectivity index (χ3n) is 4.51. The quantitative estimate of drug-likeness (QED) is 0.807. The lowest BCUT2D eigenvalue weighted by molar-refractivity contribution is 0.0469. The van der Waals surface area contributed by atoms with Crippen LogP contribution in [-0.2, 0) is 12.8 Å². The first-order valence-corrected chi connectivity index (χ1v) is 9.40. The smallest absolute Gasteiger partial charge is 0.284 e. The van der Waals surface area contributed by atoms with Crippen molar-refractivity contribution in [2.45, 2.75) is 24.3 Å². The molecule has 0 radical (unpaired) electrons. The summed E-state index contributed by atoms with van der Waals surface area (Å²) in [6.45, 7) is 0.466. The molecule has 5 nitrogen and oxygen atoms in total. The fraction of sp³-hybridized carbons (Fsp3) is 0.350. The Morgan fingerprint density at radius 1 is 1.04 bits per heavy atom. The van der Waals surface area contributed by atoms with E-state index in [-0.39, 0.29) is 10.5 Å². The minimum Gasteiger partial charge on any atom is -0.493 e. The van der Waals surface area contributed by atoms with Gasteiger partial charge in [-0.05, 0) is 36.1 Å². The van der Waals surface area contributed by atoms with E-state index in [0.717, 1.165) is 11.1 Å². The van der Waals surface area contributed by atoms with Crippen molar-refractivity contribution in [2.24, 2.45) is 0 Å². The molecule has 0 aliphatic carbocycles. The van der Waals surface area contributed by atoms with Crippen LogP contribution in [0.4, 0.5) is 4.79 Å². The number of hydrogen-bond acceptors (Lipinski definition) is 5. The van der Waals surface area contributed by atoms with Gasteiger partial charge in [0.15, 0.2) is 11.5 Å². The van der Waals surface area contributed by atoms with Gasteiger partial charge in [-0.1, -0.05) is 48.2 Å². The van der Waals surface area contributed by atoms with E-state index in [1.807, 2.05) is 48.5 Å². The molecule has 2 atom stereocenters. The highest BCUT2D eigenvalue weighted by molar-refractivity contribution is 8.14. The van der Waals surface area contributed by atoms with Crippen LogP contribution in [0.2, 0.25) is 0 Å². The fourth-order valence-corrected chi connectivity index (χ4v) is 4.21. The van der Waals surface area contributed by atoms with Gasteiger partial charge in [0.25, 0.3) is 5.24 Å². The monoisotopic (exact) mass is 373 g/mol. The van der Waals surface area contributed by atoms with Crippen LogP contribution in [0.3, 0.4) is 0 Å². The predicted molar refractivity (Wildman–Crippen MR) is 103 cm³/mol. The first-order valence-electron chi connectivity index (χ1n) is 8.52. The summed E-state index contributed by atoms with van der Waals surface area (Å²) in [5.41, 5.74) is 2.15. The van der Waals surface area contributed by atoms with Crippen LogP contribution in [0.5, 0.6) is 11.5 Å². The van der Waals surface area contributed by atoms with Crippen LogP contribution >= 0.6 is 11.8 Å². The van der Waals surface area contributed by atoms with Gasteiger partial charge >= 0.3 is 0 Å². The fourth-order valence-electron chi connectivity index (χ4n) is 3.07. The summed E-state index contributed by atoms with van der Waals surface area (Å²) in [5, 5.41) is 10.4. The van der Waals surface area contributed by atoms with Crippen LogP contribution in [-0.4, -0.2) is 47.5 Å². The van der Waals surface area contributed by atoms with Crippen LogP contribution < -0.4 is 9.47 Å². The molecule has 3 rings (SSSR count). The van der Waals surface area contributed by atoms with E-state index in [9.17, 15) is 9.90 Å². The van der Waals surface area contributed by atoms with Gasteiger partial charge < -0.3 is 19.5 Å². The molecule has 1 heterocycles. The molecule has 2 unspecified atom stereocenters. The summed E-state index contributed by atoms with van der Waals surface area (Å²) in [6.07, 6.45) is 0.542. The molecule has 26 heavy (non-hydrogen) atoms. The normalized spacial score (nSPS) is 19.7. The lowest BCUT2D eigenvalue weighted by Crippen LogP contribution is -2.38. The maximum Gasteiger partial charge on any atom is 0.284 e. The van der Waals surface area contributed by atoms with E-state index in [1.165, 1.54) is 11.8 Å². The summed E-state index contributed by atoms with van der Waals surface area (Å²) in [6, 6.07) is 15.6. The molecule has 2 aromatic rings. The Kier molecular flexibility index (Phi) is 6.06. The molecule has 1 aliphatic heterocycles. The average molecular weight is 373 g/mol. The highest BCUT2D eigenvalue weighted by Crippen LogP contribution is 2.33. The number of methoxy groups -OCH3 is 2. The Labute approximate surface area is 157 Å². The van der Waals surface area contributed by atoms with Gasteiger partial charge in [0.05, 0.1) is 19.5 Å². The van der Waals surface area contributed by atoms with E-state index >= 15 is 0 Å². The number of ether oxygens (including phenoxy) is 2. The standard InChI is InChI=1S/C20H23NO4S/c1-24-16-9-8-15(12-17(16)25-2)10-11-21-19(22)18(26-20(21)23)13-14-6-4-3-5-7-14/h3-9,12,18-19,22H,10-11,13H2,1-2H3. The van der Waals surface area contributed by atoms with Crippen molar-refractivity contribution < 1.29 is 19.4 Å². The van der Waals surface area contributed by atoms with E-state index < -0.39 is 6.23 Å². The van der Waals surface area contributed by atoms with Crippen LogP contribution in [0, 0.1) is 0 Å². The molecule has 1 aliphatic rings. The minimum atomic E-state index is -0.771. The SMILES string of the molecule is COc1ccc(CCN2C(=O)SC(Cc3ccccc3)C2O)cc1OC. The van der Waals surface area contributed by atoms with Crippen molar-refractivity contribution >= 4 is 17.0 Å². The molecule has 1 N–H and O–H groups in total. The minimum absolute atomic E-state index is 0.0705. The Bertz CT molecular complexity index is 753. The van der Waals surface area contributed by atoms with Crippen molar-refractivity contribution in [1.29, 1.82) is 0 Å². The molecular formula is C20H23NO4S. The molecule has 0 saturated carbocycles. The number of amides is 1. The Hall–Kier alpha value is -2.18. The Morgan fingerprint density at radius 2 is 1.77 bits per heavy atom. The number of thioether (sulfide) groups is 1. The van der Waals surface area contributed by atoms with Gasteiger partial charge in [-0.25, -0.2) is 0 Å². The Balaban J connectivity index is 1.62. The van der Waals surface area contributed by atoms with Crippen molar-refractivity contribution in [3.63, 3.8) is 0 Å². The zero-order valence-corrected chi connectivity index (χ0v) is 15.7. The highest BCUT2D eigenvalue weighted by atomic mass is 32.2. The summed E-state index contributed by atoms with van der Waals surface area (Å²) in [5.74, 6) is 1.33. The van der Waals surface area contributed by atoms with Crippen LogP contribution in [0.1, 0.15) is 11.1 Å². The number of benzene rings is 2. The maximum absolute atomic E-state index is 12.3. The van der Waals surface area contributed by atoms with Crippen molar-refractivity contribution in [2.75, 3.05) is 20.8 Å². The number of rotatable bonds is 7. The first-order chi connectivity index (χ1) is 12.6. The van der Waals surface area contributed by atoms with Crippen molar-refractivity contribution in [3.8, 4) is 11.5 Å². The molecule has 0 aromatic heterocycles. The Morgan fingerprint density at radius 3 is 2.46 bits per heavy atom. The third kappa shape index (κ3) is 4.14. The summed E-state index contributed by atoms with van der Waals surface area (Å²) in [4.78, 5) is 13.9. The maximum atomic E-state index is 12.3. The summed E-state index contributed by atoms with van der Waals surface area (Å²) in [7, 11) is 3.20. The number of aliphatic hydroxyl groups is 1.